The van der Waals surface area contributed by atoms with Crippen molar-refractivity contribution in [3.8, 4) is 11.1 Å². The van der Waals surface area contributed by atoms with Gasteiger partial charge in [0, 0.05) is 5.56 Å². The summed E-state index contributed by atoms with van der Waals surface area (Å²) in [5.74, 6) is 0.851. The number of anilines is 2. The van der Waals surface area contributed by atoms with Crippen molar-refractivity contribution < 1.29 is 0 Å². The second-order valence-corrected chi connectivity index (χ2v) is 6.79. The van der Waals surface area contributed by atoms with E-state index in [1.165, 1.54) is 11.1 Å². The van der Waals surface area contributed by atoms with Gasteiger partial charge in [0.1, 0.15) is 0 Å². The topological polar surface area (TPSA) is 30.9 Å². The molecule has 0 saturated heterocycles. The molecule has 0 atom stereocenters. The number of halogens is 1. The van der Waals surface area contributed by atoms with Crippen molar-refractivity contribution in [1.82, 2.24) is 5.53 Å². The number of benzene rings is 4. The molecule has 1 aliphatic heterocycles. The standard InChI is InChI=1S/C25H20N4.ClH/c1-4-10-20(11-5-1)21-16-18-24(19-17-21)29-26-25(22-12-6-2-7-13-22)28(27-29)23-14-8-3-9-15-23;/h1-19,27H;1H. The Morgan fingerprint density at radius 2 is 1.00 bits per heavy atom. The first-order valence-electron chi connectivity index (χ1n) is 9.60. The molecule has 0 radical (unpaired) electrons. The molecular formula is C25H21ClN4. The van der Waals surface area contributed by atoms with Gasteiger partial charge in [-0.15, -0.1) is 23.0 Å². The van der Waals surface area contributed by atoms with Crippen LogP contribution in [0.2, 0.25) is 0 Å². The summed E-state index contributed by atoms with van der Waals surface area (Å²) in [5, 5.41) is 8.66. The molecule has 0 aliphatic carbocycles. The predicted molar refractivity (Wildman–Crippen MR) is 127 cm³/mol. The molecule has 5 rings (SSSR count). The Balaban J connectivity index is 0.00000218. The second kappa shape index (κ2) is 8.82. The highest BCUT2D eigenvalue weighted by atomic mass is 35.5. The first kappa shape index (κ1) is 19.7. The highest BCUT2D eigenvalue weighted by Crippen LogP contribution is 2.26. The van der Waals surface area contributed by atoms with Crippen LogP contribution in [0.1, 0.15) is 5.56 Å². The van der Waals surface area contributed by atoms with Crippen molar-refractivity contribution in [3.63, 3.8) is 0 Å². The number of hydrogen-bond acceptors (Lipinski definition) is 4. The van der Waals surface area contributed by atoms with Crippen molar-refractivity contribution in [3.05, 3.63) is 121 Å². The van der Waals surface area contributed by atoms with Crippen molar-refractivity contribution in [2.75, 3.05) is 10.1 Å². The molecule has 5 heteroatoms. The number of nitrogens with one attached hydrogen (secondary N) is 1. The molecule has 0 saturated carbocycles. The second-order valence-electron chi connectivity index (χ2n) is 6.79. The fourth-order valence-electron chi connectivity index (χ4n) is 3.38. The maximum atomic E-state index is 4.85. The summed E-state index contributed by atoms with van der Waals surface area (Å²) >= 11 is 0. The molecule has 4 aromatic carbocycles. The van der Waals surface area contributed by atoms with Gasteiger partial charge in [-0.25, -0.2) is 5.01 Å². The van der Waals surface area contributed by atoms with E-state index in [0.29, 0.717) is 0 Å². The van der Waals surface area contributed by atoms with Gasteiger partial charge in [-0.3, -0.25) is 0 Å². The average molecular weight is 413 g/mol. The smallest absolute Gasteiger partial charge is 0.178 e. The van der Waals surface area contributed by atoms with Crippen LogP contribution in [0.5, 0.6) is 0 Å². The number of hydrazine groups is 2. The van der Waals surface area contributed by atoms with E-state index in [2.05, 4.69) is 78.3 Å². The maximum absolute atomic E-state index is 4.85. The van der Waals surface area contributed by atoms with Crippen LogP contribution < -0.4 is 15.7 Å². The summed E-state index contributed by atoms with van der Waals surface area (Å²) in [7, 11) is 0. The molecule has 1 aliphatic rings. The molecule has 0 spiro atoms. The highest BCUT2D eigenvalue weighted by Gasteiger charge is 2.26. The van der Waals surface area contributed by atoms with Gasteiger partial charge in [0.25, 0.3) is 0 Å². The van der Waals surface area contributed by atoms with Gasteiger partial charge >= 0.3 is 0 Å². The molecular weight excluding hydrogens is 392 g/mol. The van der Waals surface area contributed by atoms with Gasteiger partial charge in [0.05, 0.1) is 11.4 Å². The summed E-state index contributed by atoms with van der Waals surface area (Å²) in [4.78, 5) is 0. The first-order chi connectivity index (χ1) is 14.4. The summed E-state index contributed by atoms with van der Waals surface area (Å²) < 4.78 is 0. The van der Waals surface area contributed by atoms with E-state index in [0.717, 1.165) is 22.8 Å². The Labute approximate surface area is 182 Å². The van der Waals surface area contributed by atoms with Crippen LogP contribution in [0.25, 0.3) is 11.1 Å². The zero-order chi connectivity index (χ0) is 19.5. The lowest BCUT2D eigenvalue weighted by molar-refractivity contribution is 0.718. The van der Waals surface area contributed by atoms with E-state index in [4.69, 9.17) is 5.10 Å². The van der Waals surface area contributed by atoms with Crippen LogP contribution in [0.4, 0.5) is 11.4 Å². The summed E-state index contributed by atoms with van der Waals surface area (Å²) in [6.07, 6.45) is 0. The maximum Gasteiger partial charge on any atom is 0.178 e. The Kier molecular flexibility index (Phi) is 5.80. The summed E-state index contributed by atoms with van der Waals surface area (Å²) in [6, 6.07) is 39.2. The fraction of sp³-hybridized carbons (Fsp3) is 0. The van der Waals surface area contributed by atoms with E-state index in [1.807, 2.05) is 52.6 Å². The fourth-order valence-corrected chi connectivity index (χ4v) is 3.38. The van der Waals surface area contributed by atoms with Crippen LogP contribution in [-0.4, -0.2) is 5.84 Å². The van der Waals surface area contributed by atoms with E-state index >= 15 is 0 Å². The molecule has 148 valence electrons. The number of amidine groups is 1. The van der Waals surface area contributed by atoms with E-state index in [9.17, 15) is 0 Å². The van der Waals surface area contributed by atoms with Crippen LogP contribution in [0, 0.1) is 0 Å². The Morgan fingerprint density at radius 3 is 1.60 bits per heavy atom. The molecule has 0 bridgehead atoms. The van der Waals surface area contributed by atoms with Crippen LogP contribution in [0.3, 0.4) is 0 Å². The van der Waals surface area contributed by atoms with E-state index < -0.39 is 0 Å². The lowest BCUT2D eigenvalue weighted by atomic mass is 10.1. The highest BCUT2D eigenvalue weighted by molar-refractivity contribution is 6.11. The normalized spacial score (nSPS) is 13.0. The zero-order valence-electron chi connectivity index (χ0n) is 16.2. The molecule has 1 N–H and O–H groups in total. The number of nitrogens with zero attached hydrogens (tertiary/aromatic N) is 3. The van der Waals surface area contributed by atoms with E-state index in [-0.39, 0.29) is 12.4 Å². The SMILES string of the molecule is Cl.c1ccc(C2=NN(c3ccc(-c4ccccc4)cc3)NN2c2ccccc2)cc1. The molecule has 4 aromatic rings. The third-order valence-electron chi connectivity index (χ3n) is 4.87. The monoisotopic (exact) mass is 412 g/mol. The number of para-hydroxylation sites is 1. The molecule has 1 heterocycles. The first-order valence-corrected chi connectivity index (χ1v) is 9.60. The average Bonchev–Trinajstić information content (AvgIpc) is 3.27. The molecule has 0 unspecified atom stereocenters. The van der Waals surface area contributed by atoms with Crippen molar-refractivity contribution >= 4 is 29.6 Å². The predicted octanol–water partition coefficient (Wildman–Crippen LogP) is 5.88. The van der Waals surface area contributed by atoms with Gasteiger partial charge in [-0.2, -0.15) is 5.12 Å². The van der Waals surface area contributed by atoms with E-state index in [1.54, 1.807) is 0 Å². The Bertz CT molecular complexity index is 1110. The van der Waals surface area contributed by atoms with Crippen molar-refractivity contribution in [1.29, 1.82) is 0 Å². The number of rotatable bonds is 4. The summed E-state index contributed by atoms with van der Waals surface area (Å²) in [6.45, 7) is 0. The molecule has 0 amide bonds. The zero-order valence-corrected chi connectivity index (χ0v) is 17.0. The summed E-state index contributed by atoms with van der Waals surface area (Å²) in [5.41, 5.74) is 8.82. The third-order valence-corrected chi connectivity index (χ3v) is 4.87. The Morgan fingerprint density at radius 1 is 0.500 bits per heavy atom. The van der Waals surface area contributed by atoms with Crippen LogP contribution in [0.15, 0.2) is 120 Å². The van der Waals surface area contributed by atoms with Gasteiger partial charge in [-0.05, 0) is 35.4 Å². The number of hydrazone groups is 1. The lowest BCUT2D eigenvalue weighted by Crippen LogP contribution is -2.43. The van der Waals surface area contributed by atoms with Crippen molar-refractivity contribution in [2.24, 2.45) is 5.10 Å². The minimum absolute atomic E-state index is 0. The Hall–Kier alpha value is -3.60. The largest absolute Gasteiger partial charge is 0.238 e. The van der Waals surface area contributed by atoms with Crippen LogP contribution >= 0.6 is 12.4 Å². The van der Waals surface area contributed by atoms with Gasteiger partial charge < -0.3 is 0 Å². The molecule has 4 nitrogen and oxygen atoms in total. The lowest BCUT2D eigenvalue weighted by Gasteiger charge is -2.22. The molecule has 30 heavy (non-hydrogen) atoms. The van der Waals surface area contributed by atoms with Gasteiger partial charge in [0.2, 0.25) is 0 Å². The third kappa shape index (κ3) is 3.92. The quantitative estimate of drug-likeness (QED) is 0.453. The minimum Gasteiger partial charge on any atom is -0.238 e. The molecule has 0 fully saturated rings. The minimum atomic E-state index is 0. The molecule has 0 aromatic heterocycles. The number of hydrogen-bond donors (Lipinski definition) is 1. The van der Waals surface area contributed by atoms with Gasteiger partial charge in [-0.1, -0.05) is 91.0 Å². The van der Waals surface area contributed by atoms with Crippen LogP contribution in [-0.2, 0) is 0 Å². The van der Waals surface area contributed by atoms with Crippen molar-refractivity contribution in [2.45, 2.75) is 0 Å². The van der Waals surface area contributed by atoms with Gasteiger partial charge in [0.15, 0.2) is 5.84 Å².